The van der Waals surface area contributed by atoms with Crippen LogP contribution in [0.4, 0.5) is 35.7 Å². The fourth-order valence-electron chi connectivity index (χ4n) is 15.2. The number of likely N-dealkylation sites (tertiary alicyclic amines) is 4. The van der Waals surface area contributed by atoms with E-state index in [9.17, 15) is 0 Å². The van der Waals surface area contributed by atoms with Gasteiger partial charge in [0.2, 0.25) is 35.7 Å². The van der Waals surface area contributed by atoms with E-state index >= 15 is 0 Å². The normalized spacial score (nSPS) is 23.3. The van der Waals surface area contributed by atoms with Crippen molar-refractivity contribution >= 4 is 35.7 Å². The molecule has 0 radical (unpaired) electrons. The Labute approximate surface area is 497 Å². The van der Waals surface area contributed by atoms with Crippen LogP contribution < -0.4 is 29.8 Å². The van der Waals surface area contributed by atoms with Crippen molar-refractivity contribution in [2.45, 2.75) is 310 Å². The van der Waals surface area contributed by atoms with Gasteiger partial charge in [0.05, 0.1) is 0 Å². The highest BCUT2D eigenvalue weighted by Crippen LogP contribution is 2.45. The zero-order chi connectivity index (χ0) is 60.5. The summed E-state index contributed by atoms with van der Waals surface area (Å²) in [6.07, 6.45) is 16.7. The third kappa shape index (κ3) is 15.4. The standard InChI is InChI=1S/C65H124N16/c1-26-30-37-79(49-42-60(9,10)75(23)61(11,12)43-49)55-67-52(68-56(72-55)80(38-31-27-2)50-44-62(13,14)76(24)63(15,16)45-50)66-34-33-36-78(35-29-4)54-69-53(73(21)48-40-58(5,6)74(22)59(7,8)41-48)70-57(71-54)81(39-32-28-3)51-46-64(17,18)77(25)65(19,20)47-51/h48-51H,26-47H2,1-25H3,(H,66,67,68,72). The number of nitrogens with one attached hydrogen (secondary N) is 1. The Kier molecular flexibility index (Phi) is 21.2. The van der Waals surface area contributed by atoms with Crippen LogP contribution in [0.3, 0.4) is 0 Å². The quantitative estimate of drug-likeness (QED) is 0.0949. The Morgan fingerprint density at radius 3 is 0.963 bits per heavy atom. The molecule has 0 saturated carbocycles. The van der Waals surface area contributed by atoms with Gasteiger partial charge in [-0.05, 0) is 222 Å². The number of anilines is 6. The first-order valence-corrected chi connectivity index (χ1v) is 32.5. The van der Waals surface area contributed by atoms with Crippen molar-refractivity contribution in [1.29, 1.82) is 0 Å². The monoisotopic (exact) mass is 1130 g/mol. The molecular weight excluding hydrogens is 1000 g/mol. The molecule has 81 heavy (non-hydrogen) atoms. The van der Waals surface area contributed by atoms with Gasteiger partial charge in [0.25, 0.3) is 0 Å². The number of rotatable bonds is 25. The van der Waals surface area contributed by atoms with Gasteiger partial charge in [-0.1, -0.05) is 47.0 Å². The van der Waals surface area contributed by atoms with E-state index in [-0.39, 0.29) is 68.5 Å². The van der Waals surface area contributed by atoms with Gasteiger partial charge >= 0.3 is 0 Å². The Balaban J connectivity index is 1.40. The van der Waals surface area contributed by atoms with Gasteiger partial charge in [-0.25, -0.2) is 0 Å². The number of aromatic nitrogens is 6. The van der Waals surface area contributed by atoms with Crippen molar-refractivity contribution in [2.24, 2.45) is 0 Å². The zero-order valence-corrected chi connectivity index (χ0v) is 57.1. The van der Waals surface area contributed by atoms with E-state index in [0.717, 1.165) is 165 Å². The molecule has 0 spiro atoms. The second kappa shape index (κ2) is 25.7. The summed E-state index contributed by atoms with van der Waals surface area (Å²) in [5.41, 5.74) is 0.125. The fraction of sp³-hybridized carbons (Fsp3) is 0.908. The molecule has 4 fully saturated rings. The van der Waals surface area contributed by atoms with Gasteiger partial charge in [-0.15, -0.1) is 0 Å². The minimum Gasteiger partial charge on any atom is -0.354 e. The van der Waals surface area contributed by atoms with Crippen LogP contribution in [0.2, 0.25) is 0 Å². The second-order valence-electron chi connectivity index (χ2n) is 31.0. The molecule has 0 amide bonds. The van der Waals surface area contributed by atoms with E-state index in [0.29, 0.717) is 12.5 Å². The number of hydrogen-bond donors (Lipinski definition) is 1. The molecule has 0 aromatic carbocycles. The van der Waals surface area contributed by atoms with E-state index in [2.05, 4.69) is 223 Å². The summed E-state index contributed by atoms with van der Waals surface area (Å²) in [6, 6.07) is 1.13. The SMILES string of the molecule is CCCCN(c1nc(N(CCC)CCCNc2nc(N(CCCC)C3CC(C)(C)N(C)C(C)(C)C3)nc(N(CCCC)C3CC(C)(C)N(C)C(C)(C)C3)n2)nc(N(C)C2CC(C)(C)N(C)C(C)(C)C2)n1)C1CC(C)(C)N(C)C(C)(C)C1. The lowest BCUT2D eigenvalue weighted by Crippen LogP contribution is -2.63. The molecule has 6 heterocycles. The number of hydrogen-bond acceptors (Lipinski definition) is 16. The summed E-state index contributed by atoms with van der Waals surface area (Å²) >= 11 is 0. The molecule has 2 aromatic rings. The number of unbranched alkanes of at least 4 members (excludes halogenated alkanes) is 3. The molecule has 0 unspecified atom stereocenters. The van der Waals surface area contributed by atoms with Crippen molar-refractivity contribution in [3.05, 3.63) is 0 Å². The van der Waals surface area contributed by atoms with Crippen LogP contribution in [0.1, 0.15) is 241 Å². The van der Waals surface area contributed by atoms with E-state index in [1.165, 1.54) is 0 Å². The number of nitrogens with zero attached hydrogens (tertiary/aromatic N) is 15. The molecule has 0 bridgehead atoms. The van der Waals surface area contributed by atoms with Crippen LogP contribution in [0, 0.1) is 0 Å². The zero-order valence-electron chi connectivity index (χ0n) is 57.1. The summed E-state index contributed by atoms with van der Waals surface area (Å²) in [7, 11) is 11.5. The van der Waals surface area contributed by atoms with Gasteiger partial charge in [0.1, 0.15) is 0 Å². The van der Waals surface area contributed by atoms with Crippen LogP contribution in [0.15, 0.2) is 0 Å². The topological polar surface area (TPSA) is 119 Å². The molecule has 0 aliphatic carbocycles. The fourth-order valence-corrected chi connectivity index (χ4v) is 15.2. The van der Waals surface area contributed by atoms with E-state index < -0.39 is 0 Å². The summed E-state index contributed by atoms with van der Waals surface area (Å²) in [4.78, 5) is 56.2. The van der Waals surface area contributed by atoms with E-state index in [1.54, 1.807) is 0 Å². The third-order valence-electron chi connectivity index (χ3n) is 21.2. The van der Waals surface area contributed by atoms with Crippen molar-refractivity contribution in [1.82, 2.24) is 49.5 Å². The minimum atomic E-state index is 0.0152. The Morgan fingerprint density at radius 2 is 0.642 bits per heavy atom. The Bertz CT molecular complexity index is 2180. The van der Waals surface area contributed by atoms with E-state index in [4.69, 9.17) is 29.9 Å². The predicted octanol–water partition coefficient (Wildman–Crippen LogP) is 12.6. The highest BCUT2D eigenvalue weighted by atomic mass is 15.4. The molecule has 6 rings (SSSR count). The molecule has 16 nitrogen and oxygen atoms in total. The highest BCUT2D eigenvalue weighted by molar-refractivity contribution is 5.50. The maximum atomic E-state index is 5.63. The Hall–Kier alpha value is -3.34. The number of piperidine rings is 4. The molecule has 0 atom stereocenters. The van der Waals surface area contributed by atoms with Gasteiger partial charge in [0, 0.05) is 115 Å². The summed E-state index contributed by atoms with van der Waals surface area (Å²) in [5, 5.41) is 3.85. The summed E-state index contributed by atoms with van der Waals surface area (Å²) in [5.74, 6) is 4.67. The van der Waals surface area contributed by atoms with E-state index in [1.807, 2.05) is 0 Å². The molecule has 1 N–H and O–H groups in total. The predicted molar refractivity (Wildman–Crippen MR) is 346 cm³/mol. The van der Waals surface area contributed by atoms with Crippen LogP contribution >= 0.6 is 0 Å². The van der Waals surface area contributed by atoms with Crippen molar-refractivity contribution in [2.75, 3.05) is 104 Å². The van der Waals surface area contributed by atoms with Gasteiger partial charge < -0.3 is 29.8 Å². The summed E-state index contributed by atoms with van der Waals surface area (Å²) in [6.45, 7) is 52.8. The molecule has 4 aliphatic rings. The van der Waals surface area contributed by atoms with Gasteiger partial charge in [0.15, 0.2) is 0 Å². The Morgan fingerprint density at radius 1 is 0.358 bits per heavy atom. The van der Waals surface area contributed by atoms with Crippen molar-refractivity contribution in [3.8, 4) is 0 Å². The first kappa shape index (κ1) is 66.8. The third-order valence-corrected chi connectivity index (χ3v) is 21.2. The smallest absolute Gasteiger partial charge is 0.232 e. The molecule has 2 aromatic heterocycles. The first-order chi connectivity index (χ1) is 37.5. The van der Waals surface area contributed by atoms with Crippen molar-refractivity contribution < 1.29 is 0 Å². The average Bonchev–Trinajstić information content (AvgIpc) is 3.57. The van der Waals surface area contributed by atoms with Gasteiger partial charge in [-0.3, -0.25) is 19.6 Å². The van der Waals surface area contributed by atoms with Crippen LogP contribution in [0.5, 0.6) is 0 Å². The van der Waals surface area contributed by atoms with Gasteiger partial charge in [-0.2, -0.15) is 29.9 Å². The molecule has 16 heteroatoms. The molecular formula is C65H124N16. The average molecular weight is 1130 g/mol. The largest absolute Gasteiger partial charge is 0.354 e. The highest BCUT2D eigenvalue weighted by Gasteiger charge is 2.49. The lowest BCUT2D eigenvalue weighted by molar-refractivity contribution is -0.0134. The van der Waals surface area contributed by atoms with Crippen LogP contribution in [0.25, 0.3) is 0 Å². The lowest BCUT2D eigenvalue weighted by atomic mass is 9.77. The maximum Gasteiger partial charge on any atom is 0.232 e. The summed E-state index contributed by atoms with van der Waals surface area (Å²) < 4.78 is 0. The molecule has 464 valence electrons. The van der Waals surface area contributed by atoms with Crippen LogP contribution in [-0.4, -0.2) is 192 Å². The second-order valence-corrected chi connectivity index (χ2v) is 31.0. The lowest BCUT2D eigenvalue weighted by Gasteiger charge is -2.56. The van der Waals surface area contributed by atoms with Crippen LogP contribution in [-0.2, 0) is 0 Å². The van der Waals surface area contributed by atoms with Crippen molar-refractivity contribution in [3.63, 3.8) is 0 Å². The molecule has 4 aliphatic heterocycles. The minimum absolute atomic E-state index is 0.0152. The first-order valence-electron chi connectivity index (χ1n) is 32.5. The maximum absolute atomic E-state index is 5.63. The molecule has 4 saturated heterocycles.